The highest BCUT2D eigenvalue weighted by Crippen LogP contribution is 2.32. The van der Waals surface area contributed by atoms with Gasteiger partial charge in [-0.15, -0.1) is 0 Å². The highest BCUT2D eigenvalue weighted by molar-refractivity contribution is 5.89. The van der Waals surface area contributed by atoms with Crippen molar-refractivity contribution in [2.75, 3.05) is 20.8 Å². The molecule has 0 unspecified atom stereocenters. The van der Waals surface area contributed by atoms with Crippen LogP contribution in [-0.2, 0) is 14.3 Å². The number of hydrogen-bond acceptors (Lipinski definition) is 5. The van der Waals surface area contributed by atoms with Crippen LogP contribution < -0.4 is 14.8 Å². The Hall–Kier alpha value is -2.50. The molecule has 1 aliphatic carbocycles. The minimum Gasteiger partial charge on any atom is -0.497 e. The molecule has 0 bridgehead atoms. The van der Waals surface area contributed by atoms with Crippen molar-refractivity contribution in [1.82, 2.24) is 5.32 Å². The van der Waals surface area contributed by atoms with Gasteiger partial charge in [-0.25, -0.2) is 4.79 Å². The van der Waals surface area contributed by atoms with Crippen molar-refractivity contribution in [3.05, 3.63) is 29.8 Å². The van der Waals surface area contributed by atoms with Gasteiger partial charge in [-0.05, 0) is 50.0 Å². The van der Waals surface area contributed by atoms with Gasteiger partial charge in [0, 0.05) is 17.7 Å². The summed E-state index contributed by atoms with van der Waals surface area (Å²) in [6.07, 6.45) is 5.11. The maximum atomic E-state index is 11.7. The van der Waals surface area contributed by atoms with Gasteiger partial charge in [0.25, 0.3) is 5.91 Å². The molecule has 0 aromatic heterocycles. The summed E-state index contributed by atoms with van der Waals surface area (Å²) in [5.74, 6) is 0.947. The third-order valence-electron chi connectivity index (χ3n) is 3.90. The zero-order valence-corrected chi connectivity index (χ0v) is 14.2. The summed E-state index contributed by atoms with van der Waals surface area (Å²) in [5, 5.41) is 2.83. The lowest BCUT2D eigenvalue weighted by Crippen LogP contribution is -2.36. The lowest BCUT2D eigenvalue weighted by molar-refractivity contribution is -0.144. The monoisotopic (exact) mass is 333 g/mol. The van der Waals surface area contributed by atoms with Gasteiger partial charge < -0.3 is 19.5 Å². The molecule has 2 rings (SSSR count). The Morgan fingerprint density at radius 3 is 2.67 bits per heavy atom. The minimum atomic E-state index is -0.589. The van der Waals surface area contributed by atoms with Gasteiger partial charge in [-0.2, -0.15) is 0 Å². The average Bonchev–Trinajstić information content (AvgIpc) is 3.42. The van der Waals surface area contributed by atoms with E-state index in [1.165, 1.54) is 6.08 Å². The molecule has 1 fully saturated rings. The molecular formula is C18H23NO5. The molecule has 1 aliphatic rings. The number of methoxy groups -OCH3 is 2. The van der Waals surface area contributed by atoms with Crippen molar-refractivity contribution in [3.8, 4) is 11.5 Å². The van der Waals surface area contributed by atoms with E-state index in [4.69, 9.17) is 14.2 Å². The fourth-order valence-electron chi connectivity index (χ4n) is 2.32. The number of ether oxygens (including phenoxy) is 3. The molecule has 1 amide bonds. The summed E-state index contributed by atoms with van der Waals surface area (Å²) in [4.78, 5) is 23.4. The van der Waals surface area contributed by atoms with Gasteiger partial charge in [0.2, 0.25) is 0 Å². The van der Waals surface area contributed by atoms with E-state index in [-0.39, 0.29) is 18.6 Å². The van der Waals surface area contributed by atoms with Crippen LogP contribution >= 0.6 is 0 Å². The van der Waals surface area contributed by atoms with E-state index in [2.05, 4.69) is 5.32 Å². The number of benzene rings is 1. The van der Waals surface area contributed by atoms with E-state index >= 15 is 0 Å². The first-order valence-electron chi connectivity index (χ1n) is 7.89. The quantitative estimate of drug-likeness (QED) is 0.583. The molecule has 6 heteroatoms. The Morgan fingerprint density at radius 2 is 2.04 bits per heavy atom. The van der Waals surface area contributed by atoms with Gasteiger partial charge in [0.1, 0.15) is 11.5 Å². The summed E-state index contributed by atoms with van der Waals surface area (Å²) in [5.41, 5.74) is 0.681. The van der Waals surface area contributed by atoms with Gasteiger partial charge in [0.05, 0.1) is 14.2 Å². The molecule has 0 saturated heterocycles. The SMILES string of the molecule is COc1ccc(OC)c(/C=C/C(=O)OCC(=O)N[C@H](C)C2CC2)c1. The Balaban J connectivity index is 1.84. The van der Waals surface area contributed by atoms with Crippen LogP contribution in [0.1, 0.15) is 25.3 Å². The van der Waals surface area contributed by atoms with Crippen LogP contribution in [0.25, 0.3) is 6.08 Å². The molecule has 0 heterocycles. The topological polar surface area (TPSA) is 73.9 Å². The second kappa shape index (κ2) is 8.38. The van der Waals surface area contributed by atoms with Crippen molar-refractivity contribution < 1.29 is 23.8 Å². The number of amides is 1. The van der Waals surface area contributed by atoms with Crippen LogP contribution in [0.4, 0.5) is 0 Å². The number of esters is 1. The van der Waals surface area contributed by atoms with Crippen molar-refractivity contribution >= 4 is 18.0 Å². The average molecular weight is 333 g/mol. The Labute approximate surface area is 141 Å². The van der Waals surface area contributed by atoms with E-state index in [1.54, 1.807) is 38.5 Å². The van der Waals surface area contributed by atoms with Crippen molar-refractivity contribution in [2.24, 2.45) is 5.92 Å². The van der Waals surface area contributed by atoms with Gasteiger partial charge in [-0.3, -0.25) is 4.79 Å². The van der Waals surface area contributed by atoms with Gasteiger partial charge >= 0.3 is 5.97 Å². The van der Waals surface area contributed by atoms with E-state index < -0.39 is 5.97 Å². The Kier molecular flexibility index (Phi) is 6.23. The van der Waals surface area contributed by atoms with Gasteiger partial charge in [0.15, 0.2) is 6.61 Å². The maximum absolute atomic E-state index is 11.7. The molecule has 1 saturated carbocycles. The molecule has 0 aliphatic heterocycles. The molecule has 1 atom stereocenters. The fourth-order valence-corrected chi connectivity index (χ4v) is 2.32. The Morgan fingerprint density at radius 1 is 1.29 bits per heavy atom. The zero-order chi connectivity index (χ0) is 17.5. The van der Waals surface area contributed by atoms with Crippen LogP contribution in [0.5, 0.6) is 11.5 Å². The molecule has 6 nitrogen and oxygen atoms in total. The lowest BCUT2D eigenvalue weighted by Gasteiger charge is -2.12. The summed E-state index contributed by atoms with van der Waals surface area (Å²) in [7, 11) is 3.10. The summed E-state index contributed by atoms with van der Waals surface area (Å²) in [6, 6.07) is 5.39. The second-order valence-corrected chi connectivity index (χ2v) is 5.74. The van der Waals surface area contributed by atoms with E-state index in [0.29, 0.717) is 23.0 Å². The molecule has 24 heavy (non-hydrogen) atoms. The summed E-state index contributed by atoms with van der Waals surface area (Å²) >= 11 is 0. The smallest absolute Gasteiger partial charge is 0.331 e. The van der Waals surface area contributed by atoms with E-state index in [1.807, 2.05) is 6.92 Å². The maximum Gasteiger partial charge on any atom is 0.331 e. The van der Waals surface area contributed by atoms with Crippen molar-refractivity contribution in [3.63, 3.8) is 0 Å². The minimum absolute atomic E-state index is 0.132. The first-order chi connectivity index (χ1) is 11.5. The number of hydrogen-bond donors (Lipinski definition) is 1. The highest BCUT2D eigenvalue weighted by atomic mass is 16.5. The van der Waals surface area contributed by atoms with E-state index in [9.17, 15) is 9.59 Å². The normalized spacial score (nSPS) is 15.0. The molecule has 1 aromatic carbocycles. The molecule has 0 radical (unpaired) electrons. The molecule has 1 aromatic rings. The third kappa shape index (κ3) is 5.30. The van der Waals surface area contributed by atoms with Crippen LogP contribution in [0.2, 0.25) is 0 Å². The predicted octanol–water partition coefficient (Wildman–Crippen LogP) is 2.17. The summed E-state index contributed by atoms with van der Waals surface area (Å²) in [6.45, 7) is 1.68. The molecule has 130 valence electrons. The summed E-state index contributed by atoms with van der Waals surface area (Å²) < 4.78 is 15.3. The first kappa shape index (κ1) is 17.8. The molecule has 0 spiro atoms. The number of carbonyl (C=O) groups excluding carboxylic acids is 2. The van der Waals surface area contributed by atoms with E-state index in [0.717, 1.165) is 12.8 Å². The molecular weight excluding hydrogens is 310 g/mol. The standard InChI is InChI=1S/C18H23NO5/c1-12(13-4-5-13)19-17(20)11-24-18(21)9-6-14-10-15(22-2)7-8-16(14)23-3/h6-10,12-13H,4-5,11H2,1-3H3,(H,19,20)/b9-6+/t12-/m1/s1. The van der Waals surface area contributed by atoms with Crippen LogP contribution in [0.15, 0.2) is 24.3 Å². The van der Waals surface area contributed by atoms with Crippen LogP contribution in [-0.4, -0.2) is 38.7 Å². The second-order valence-electron chi connectivity index (χ2n) is 5.74. The number of carbonyl (C=O) groups is 2. The van der Waals surface area contributed by atoms with Crippen LogP contribution in [0.3, 0.4) is 0 Å². The number of rotatable bonds is 8. The van der Waals surface area contributed by atoms with Crippen LogP contribution in [0, 0.1) is 5.92 Å². The largest absolute Gasteiger partial charge is 0.497 e. The Bertz CT molecular complexity index is 622. The number of nitrogens with one attached hydrogen (secondary N) is 1. The zero-order valence-electron chi connectivity index (χ0n) is 14.2. The van der Waals surface area contributed by atoms with Crippen molar-refractivity contribution in [1.29, 1.82) is 0 Å². The fraction of sp³-hybridized carbons (Fsp3) is 0.444. The van der Waals surface area contributed by atoms with Crippen molar-refractivity contribution in [2.45, 2.75) is 25.8 Å². The highest BCUT2D eigenvalue weighted by Gasteiger charge is 2.28. The molecule has 1 N–H and O–H groups in total. The first-order valence-corrected chi connectivity index (χ1v) is 7.89. The third-order valence-corrected chi connectivity index (χ3v) is 3.90. The predicted molar refractivity (Wildman–Crippen MR) is 89.9 cm³/mol. The van der Waals surface area contributed by atoms with Gasteiger partial charge in [-0.1, -0.05) is 0 Å². The lowest BCUT2D eigenvalue weighted by atomic mass is 10.1.